The molecule has 74 valence electrons. The molecule has 1 aromatic rings. The zero-order valence-corrected chi connectivity index (χ0v) is 8.91. The van der Waals surface area contributed by atoms with Crippen LogP contribution in [-0.2, 0) is 6.42 Å². The topological polar surface area (TPSA) is 43.8 Å². The third-order valence-corrected chi connectivity index (χ3v) is 2.25. The molecule has 3 nitrogen and oxygen atoms in total. The number of hydrogen-bond donors (Lipinski definition) is 1. The molecule has 0 aromatic carbocycles. The third kappa shape index (κ3) is 1.91. The smallest absolute Gasteiger partial charge is 0.0540 e. The molecule has 0 aliphatic carbocycles. The van der Waals surface area contributed by atoms with E-state index in [1.807, 2.05) is 13.1 Å². The highest BCUT2D eigenvalue weighted by Crippen LogP contribution is 2.19. The minimum atomic E-state index is 0.0856. The van der Waals surface area contributed by atoms with Gasteiger partial charge in [-0.2, -0.15) is 5.10 Å². The number of rotatable bonds is 3. The molecule has 13 heavy (non-hydrogen) atoms. The number of aromatic nitrogens is 2. The van der Waals surface area contributed by atoms with Crippen LogP contribution in [0, 0.1) is 0 Å². The Hall–Kier alpha value is -0.830. The van der Waals surface area contributed by atoms with Gasteiger partial charge in [0.1, 0.15) is 0 Å². The van der Waals surface area contributed by atoms with Crippen LogP contribution >= 0.6 is 0 Å². The van der Waals surface area contributed by atoms with Crippen molar-refractivity contribution in [1.82, 2.24) is 9.78 Å². The molecule has 0 saturated heterocycles. The van der Waals surface area contributed by atoms with Gasteiger partial charge in [-0.1, -0.05) is 6.92 Å². The molecule has 3 heteroatoms. The lowest BCUT2D eigenvalue weighted by Gasteiger charge is -2.12. The lowest BCUT2D eigenvalue weighted by molar-refractivity contribution is 0.509. The van der Waals surface area contributed by atoms with Crippen molar-refractivity contribution in [2.24, 2.45) is 5.73 Å². The Morgan fingerprint density at radius 2 is 2.08 bits per heavy atom. The Morgan fingerprint density at radius 1 is 1.46 bits per heavy atom. The number of nitrogens with zero attached hydrogens (tertiary/aromatic N) is 2. The molecule has 0 amide bonds. The summed E-state index contributed by atoms with van der Waals surface area (Å²) < 4.78 is 2.05. The molecule has 0 radical (unpaired) electrons. The molecule has 0 saturated carbocycles. The van der Waals surface area contributed by atoms with Crippen molar-refractivity contribution in [3.63, 3.8) is 0 Å². The first-order valence-electron chi connectivity index (χ1n) is 4.89. The van der Waals surface area contributed by atoms with Crippen molar-refractivity contribution < 1.29 is 0 Å². The van der Waals surface area contributed by atoms with E-state index in [1.54, 1.807) is 0 Å². The Labute approximate surface area is 79.9 Å². The van der Waals surface area contributed by atoms with Crippen LogP contribution in [-0.4, -0.2) is 9.78 Å². The quantitative estimate of drug-likeness (QED) is 0.775. The van der Waals surface area contributed by atoms with E-state index in [9.17, 15) is 0 Å². The van der Waals surface area contributed by atoms with Crippen LogP contribution in [0.15, 0.2) is 6.20 Å². The Bertz CT molecular complexity index is 248. The SMILES string of the molecule is CCc1c(C(C)N)cnn1C(C)C. The van der Waals surface area contributed by atoms with E-state index in [4.69, 9.17) is 5.73 Å². The van der Waals surface area contributed by atoms with Crippen molar-refractivity contribution in [3.05, 3.63) is 17.5 Å². The summed E-state index contributed by atoms with van der Waals surface area (Å²) in [6.45, 7) is 8.41. The first-order valence-corrected chi connectivity index (χ1v) is 4.89. The molecule has 1 aromatic heterocycles. The van der Waals surface area contributed by atoms with Crippen molar-refractivity contribution in [2.45, 2.75) is 46.2 Å². The van der Waals surface area contributed by atoms with Gasteiger partial charge in [-0.05, 0) is 27.2 Å². The summed E-state index contributed by atoms with van der Waals surface area (Å²) in [5.74, 6) is 0. The molecule has 0 bridgehead atoms. The minimum absolute atomic E-state index is 0.0856. The van der Waals surface area contributed by atoms with Crippen LogP contribution in [0.2, 0.25) is 0 Å². The van der Waals surface area contributed by atoms with Crippen molar-refractivity contribution in [1.29, 1.82) is 0 Å². The lowest BCUT2D eigenvalue weighted by atomic mass is 10.1. The highest BCUT2D eigenvalue weighted by Gasteiger charge is 2.13. The van der Waals surface area contributed by atoms with E-state index >= 15 is 0 Å². The van der Waals surface area contributed by atoms with Gasteiger partial charge in [-0.25, -0.2) is 0 Å². The van der Waals surface area contributed by atoms with E-state index in [-0.39, 0.29) is 6.04 Å². The minimum Gasteiger partial charge on any atom is -0.324 e. The summed E-state index contributed by atoms with van der Waals surface area (Å²) in [6, 6.07) is 0.505. The zero-order chi connectivity index (χ0) is 10.0. The average molecular weight is 181 g/mol. The van der Waals surface area contributed by atoms with Crippen molar-refractivity contribution in [3.8, 4) is 0 Å². The fourth-order valence-electron chi connectivity index (χ4n) is 1.59. The molecule has 0 aliphatic heterocycles. The molecule has 0 spiro atoms. The number of nitrogens with two attached hydrogens (primary N) is 1. The second-order valence-corrected chi connectivity index (χ2v) is 3.73. The Morgan fingerprint density at radius 3 is 2.46 bits per heavy atom. The van der Waals surface area contributed by atoms with Gasteiger partial charge < -0.3 is 5.73 Å². The maximum absolute atomic E-state index is 5.85. The van der Waals surface area contributed by atoms with Crippen LogP contribution in [0.25, 0.3) is 0 Å². The number of hydrogen-bond acceptors (Lipinski definition) is 2. The molecular weight excluding hydrogens is 162 g/mol. The Kier molecular flexibility index (Phi) is 3.09. The molecular formula is C10H19N3. The highest BCUT2D eigenvalue weighted by atomic mass is 15.3. The van der Waals surface area contributed by atoms with E-state index in [0.717, 1.165) is 6.42 Å². The van der Waals surface area contributed by atoms with E-state index < -0.39 is 0 Å². The molecule has 1 atom stereocenters. The Balaban J connectivity index is 3.10. The van der Waals surface area contributed by atoms with Gasteiger partial charge in [0.25, 0.3) is 0 Å². The predicted molar refractivity (Wildman–Crippen MR) is 54.6 cm³/mol. The van der Waals surface area contributed by atoms with Gasteiger partial charge in [0.15, 0.2) is 0 Å². The molecule has 1 unspecified atom stereocenters. The van der Waals surface area contributed by atoms with E-state index in [2.05, 4.69) is 30.6 Å². The van der Waals surface area contributed by atoms with Gasteiger partial charge in [0, 0.05) is 23.3 Å². The summed E-state index contributed by atoms with van der Waals surface area (Å²) in [7, 11) is 0. The monoisotopic (exact) mass is 181 g/mol. The average Bonchev–Trinajstić information content (AvgIpc) is 2.46. The second kappa shape index (κ2) is 3.92. The zero-order valence-electron chi connectivity index (χ0n) is 8.91. The summed E-state index contributed by atoms with van der Waals surface area (Å²) in [4.78, 5) is 0. The van der Waals surface area contributed by atoms with Gasteiger partial charge in [-0.3, -0.25) is 4.68 Å². The van der Waals surface area contributed by atoms with E-state index in [0.29, 0.717) is 6.04 Å². The largest absolute Gasteiger partial charge is 0.324 e. The van der Waals surface area contributed by atoms with Crippen LogP contribution in [0.3, 0.4) is 0 Å². The first-order chi connectivity index (χ1) is 6.07. The first kappa shape index (κ1) is 10.3. The summed E-state index contributed by atoms with van der Waals surface area (Å²) >= 11 is 0. The molecule has 1 heterocycles. The van der Waals surface area contributed by atoms with Crippen LogP contribution in [0.5, 0.6) is 0 Å². The molecule has 0 fully saturated rings. The van der Waals surface area contributed by atoms with Crippen LogP contribution < -0.4 is 5.73 Å². The van der Waals surface area contributed by atoms with Crippen LogP contribution in [0.1, 0.15) is 51.0 Å². The predicted octanol–water partition coefficient (Wildman–Crippen LogP) is 2.05. The lowest BCUT2D eigenvalue weighted by Crippen LogP contribution is -2.11. The van der Waals surface area contributed by atoms with Gasteiger partial charge >= 0.3 is 0 Å². The summed E-state index contributed by atoms with van der Waals surface area (Å²) in [5.41, 5.74) is 8.30. The molecule has 2 N–H and O–H groups in total. The second-order valence-electron chi connectivity index (χ2n) is 3.73. The van der Waals surface area contributed by atoms with Crippen molar-refractivity contribution >= 4 is 0 Å². The standard InChI is InChI=1S/C10H19N3/c1-5-10-9(8(4)11)6-12-13(10)7(2)3/h6-8H,5,11H2,1-4H3. The summed E-state index contributed by atoms with van der Waals surface area (Å²) in [5, 5.41) is 4.34. The maximum Gasteiger partial charge on any atom is 0.0540 e. The summed E-state index contributed by atoms with van der Waals surface area (Å²) in [6.07, 6.45) is 2.89. The van der Waals surface area contributed by atoms with Gasteiger partial charge in [0.05, 0.1) is 6.20 Å². The molecule has 0 aliphatic rings. The van der Waals surface area contributed by atoms with Crippen LogP contribution in [0.4, 0.5) is 0 Å². The fourth-order valence-corrected chi connectivity index (χ4v) is 1.59. The highest BCUT2D eigenvalue weighted by molar-refractivity contribution is 5.21. The normalized spacial score (nSPS) is 13.7. The van der Waals surface area contributed by atoms with Gasteiger partial charge in [-0.15, -0.1) is 0 Å². The maximum atomic E-state index is 5.85. The van der Waals surface area contributed by atoms with E-state index in [1.165, 1.54) is 11.3 Å². The van der Waals surface area contributed by atoms with Gasteiger partial charge in [0.2, 0.25) is 0 Å². The third-order valence-electron chi connectivity index (χ3n) is 2.25. The fraction of sp³-hybridized carbons (Fsp3) is 0.700. The molecule has 1 rings (SSSR count). The van der Waals surface area contributed by atoms with Crippen molar-refractivity contribution in [2.75, 3.05) is 0 Å².